The van der Waals surface area contributed by atoms with Crippen LogP contribution in [-0.4, -0.2) is 28.1 Å². The van der Waals surface area contributed by atoms with Crippen molar-refractivity contribution in [2.45, 2.75) is 24.9 Å². The van der Waals surface area contributed by atoms with Crippen LogP contribution >= 0.6 is 0 Å². The predicted octanol–water partition coefficient (Wildman–Crippen LogP) is -0.500. The zero-order chi connectivity index (χ0) is 12.6. The van der Waals surface area contributed by atoms with Crippen molar-refractivity contribution in [1.82, 2.24) is 9.55 Å². The van der Waals surface area contributed by atoms with Gasteiger partial charge in [-0.15, -0.1) is 0 Å². The summed E-state index contributed by atoms with van der Waals surface area (Å²) in [6.07, 6.45) is -3.23. The number of halogens is 2. The molecule has 3 atom stereocenters. The lowest BCUT2D eigenvalue weighted by Crippen LogP contribution is -2.36. The summed E-state index contributed by atoms with van der Waals surface area (Å²) in [5, 5.41) is 0. The Kier molecular flexibility index (Phi) is 2.88. The van der Waals surface area contributed by atoms with E-state index in [1.54, 1.807) is 4.98 Å². The average molecular weight is 246 g/mol. The third-order valence-electron chi connectivity index (χ3n) is 2.43. The van der Waals surface area contributed by atoms with E-state index in [0.717, 1.165) is 0 Å². The Balaban J connectivity index is 2.41. The number of carbonyl (C=O) groups excluding carboxylic acids is 1. The van der Waals surface area contributed by atoms with Crippen LogP contribution in [0.5, 0.6) is 0 Å². The molecule has 0 aromatic carbocycles. The van der Waals surface area contributed by atoms with E-state index in [-0.39, 0.29) is 6.42 Å². The second kappa shape index (κ2) is 4.21. The number of ether oxygens (including phenoxy) is 1. The van der Waals surface area contributed by atoms with Gasteiger partial charge in [0.25, 0.3) is 5.56 Å². The number of nitrogens with zero attached hydrogens (tertiary/aromatic N) is 1. The molecule has 1 N–H and O–H groups in total. The van der Waals surface area contributed by atoms with E-state index >= 15 is 0 Å². The molecule has 6 nitrogen and oxygen atoms in total. The van der Waals surface area contributed by atoms with Gasteiger partial charge in [0, 0.05) is 6.42 Å². The number of aromatic nitrogens is 2. The number of nitrogens with one attached hydrogen (secondary N) is 1. The summed E-state index contributed by atoms with van der Waals surface area (Å²) in [5.41, 5.74) is -2.18. The molecule has 8 heteroatoms. The van der Waals surface area contributed by atoms with Crippen LogP contribution < -0.4 is 11.2 Å². The van der Waals surface area contributed by atoms with Gasteiger partial charge in [0.05, 0.1) is 6.20 Å². The molecule has 1 aromatic heterocycles. The van der Waals surface area contributed by atoms with Crippen LogP contribution in [0.15, 0.2) is 15.8 Å². The minimum atomic E-state index is -1.62. The van der Waals surface area contributed by atoms with E-state index in [4.69, 9.17) is 4.74 Å². The van der Waals surface area contributed by atoms with Crippen molar-refractivity contribution in [3.63, 3.8) is 0 Å². The first-order chi connectivity index (χ1) is 8.02. The fraction of sp³-hybridized carbons (Fsp3) is 0.444. The van der Waals surface area contributed by atoms with Crippen molar-refractivity contribution < 1.29 is 18.3 Å². The summed E-state index contributed by atoms with van der Waals surface area (Å²) < 4.78 is 31.9. The Morgan fingerprint density at radius 1 is 1.53 bits per heavy atom. The first-order valence-electron chi connectivity index (χ1n) is 4.78. The summed E-state index contributed by atoms with van der Waals surface area (Å²) in [7, 11) is 0. The maximum Gasteiger partial charge on any atom is 0.330 e. The maximum absolute atomic E-state index is 13.5. The van der Waals surface area contributed by atoms with Crippen molar-refractivity contribution in [2.75, 3.05) is 0 Å². The first-order valence-corrected chi connectivity index (χ1v) is 4.78. The molecule has 1 saturated heterocycles. The average Bonchev–Trinajstić information content (AvgIpc) is 2.65. The van der Waals surface area contributed by atoms with Crippen LogP contribution in [0.2, 0.25) is 0 Å². The second-order valence-corrected chi connectivity index (χ2v) is 3.60. The van der Waals surface area contributed by atoms with Crippen LogP contribution in [-0.2, 0) is 9.53 Å². The molecule has 2 rings (SSSR count). The van der Waals surface area contributed by atoms with E-state index in [1.165, 1.54) is 0 Å². The number of hydrogen-bond donors (Lipinski definition) is 1. The minimum Gasteiger partial charge on any atom is -0.344 e. The van der Waals surface area contributed by atoms with Crippen molar-refractivity contribution >= 4 is 6.29 Å². The lowest BCUT2D eigenvalue weighted by Gasteiger charge is -2.14. The smallest absolute Gasteiger partial charge is 0.330 e. The predicted molar refractivity (Wildman–Crippen MR) is 50.8 cm³/mol. The summed E-state index contributed by atoms with van der Waals surface area (Å²) in [5.74, 6) is -1.23. The van der Waals surface area contributed by atoms with Crippen molar-refractivity contribution in [3.05, 3.63) is 32.9 Å². The lowest BCUT2D eigenvalue weighted by atomic mass is 10.2. The van der Waals surface area contributed by atoms with Gasteiger partial charge in [0.1, 0.15) is 18.6 Å². The molecule has 1 fully saturated rings. The highest BCUT2D eigenvalue weighted by molar-refractivity contribution is 5.56. The molecule has 0 spiro atoms. The van der Waals surface area contributed by atoms with E-state index in [0.29, 0.717) is 17.1 Å². The number of hydrogen-bond acceptors (Lipinski definition) is 4. The Morgan fingerprint density at radius 2 is 2.24 bits per heavy atom. The van der Waals surface area contributed by atoms with Crippen LogP contribution in [0.3, 0.4) is 0 Å². The van der Waals surface area contributed by atoms with Gasteiger partial charge in [-0.2, -0.15) is 4.39 Å². The molecule has 0 radical (unpaired) electrons. The third kappa shape index (κ3) is 2.03. The lowest BCUT2D eigenvalue weighted by molar-refractivity contribution is -0.119. The summed E-state index contributed by atoms with van der Waals surface area (Å²) in [6, 6.07) is 0. The highest BCUT2D eigenvalue weighted by atomic mass is 19.1. The topological polar surface area (TPSA) is 81.2 Å². The highest BCUT2D eigenvalue weighted by Gasteiger charge is 2.37. The summed E-state index contributed by atoms with van der Waals surface area (Å²) >= 11 is 0. The Bertz CT molecular complexity index is 553. The molecule has 3 unspecified atom stereocenters. The zero-order valence-electron chi connectivity index (χ0n) is 8.43. The van der Waals surface area contributed by atoms with Gasteiger partial charge in [-0.25, -0.2) is 9.18 Å². The molecule has 1 aliphatic heterocycles. The highest BCUT2D eigenvalue weighted by Crippen LogP contribution is 2.29. The molecule has 0 aliphatic carbocycles. The van der Waals surface area contributed by atoms with E-state index in [1.807, 2.05) is 0 Å². The Hall–Kier alpha value is -1.83. The van der Waals surface area contributed by atoms with Gasteiger partial charge >= 0.3 is 5.69 Å². The summed E-state index contributed by atoms with van der Waals surface area (Å²) in [6.45, 7) is 0. The number of carbonyl (C=O) groups is 1. The molecular weight excluding hydrogens is 238 g/mol. The van der Waals surface area contributed by atoms with E-state index in [9.17, 15) is 23.2 Å². The molecule has 0 amide bonds. The van der Waals surface area contributed by atoms with E-state index in [2.05, 4.69) is 0 Å². The Labute approximate surface area is 92.8 Å². The second-order valence-electron chi connectivity index (χ2n) is 3.60. The van der Waals surface area contributed by atoms with Gasteiger partial charge in [-0.1, -0.05) is 0 Å². The van der Waals surface area contributed by atoms with Gasteiger partial charge in [-0.3, -0.25) is 14.3 Å². The fourth-order valence-electron chi connectivity index (χ4n) is 1.64. The Morgan fingerprint density at radius 3 is 2.82 bits per heavy atom. The number of rotatable bonds is 2. The first kappa shape index (κ1) is 11.6. The third-order valence-corrected chi connectivity index (χ3v) is 2.43. The van der Waals surface area contributed by atoms with Crippen LogP contribution in [0.25, 0.3) is 0 Å². The van der Waals surface area contributed by atoms with Crippen LogP contribution in [0, 0.1) is 5.82 Å². The number of aldehydes is 1. The normalized spacial score (nSPS) is 28.2. The van der Waals surface area contributed by atoms with Gasteiger partial charge in [0.2, 0.25) is 5.82 Å². The fourth-order valence-corrected chi connectivity index (χ4v) is 1.64. The molecule has 17 heavy (non-hydrogen) atoms. The zero-order valence-corrected chi connectivity index (χ0v) is 8.43. The van der Waals surface area contributed by atoms with Crippen molar-refractivity contribution in [3.8, 4) is 0 Å². The SMILES string of the molecule is O=CC1CC(F)C(n2cc(F)c(=O)[nH]c2=O)O1. The molecule has 1 aromatic rings. The maximum atomic E-state index is 13.5. The number of alkyl halides is 1. The largest absolute Gasteiger partial charge is 0.344 e. The molecule has 0 bridgehead atoms. The minimum absolute atomic E-state index is 0.207. The van der Waals surface area contributed by atoms with Crippen LogP contribution in [0.1, 0.15) is 12.6 Å². The van der Waals surface area contributed by atoms with Crippen LogP contribution in [0.4, 0.5) is 8.78 Å². The summed E-state index contributed by atoms with van der Waals surface area (Å²) in [4.78, 5) is 34.2. The molecule has 92 valence electrons. The van der Waals surface area contributed by atoms with Gasteiger partial charge < -0.3 is 9.53 Å². The monoisotopic (exact) mass is 246 g/mol. The number of aromatic amines is 1. The van der Waals surface area contributed by atoms with Gasteiger partial charge in [-0.05, 0) is 0 Å². The molecule has 1 aliphatic rings. The standard InChI is InChI=1S/C9H8F2N2O4/c10-5-1-4(3-14)17-8(5)13-2-6(11)7(15)12-9(13)16/h2-5,8H,1H2,(H,12,15,16). The molecule has 0 saturated carbocycles. The van der Waals surface area contributed by atoms with Gasteiger partial charge in [0.15, 0.2) is 6.23 Å². The van der Waals surface area contributed by atoms with E-state index < -0.39 is 35.6 Å². The van der Waals surface area contributed by atoms with Crippen molar-refractivity contribution in [2.24, 2.45) is 0 Å². The molecular formula is C9H8F2N2O4. The quantitative estimate of drug-likeness (QED) is 0.713. The number of H-pyrrole nitrogens is 1. The molecule has 2 heterocycles. The van der Waals surface area contributed by atoms with Crippen molar-refractivity contribution in [1.29, 1.82) is 0 Å².